The molecular formula is C20H32ClNO3. The third-order valence-electron chi connectivity index (χ3n) is 6.23. The van der Waals surface area contributed by atoms with E-state index in [9.17, 15) is 4.79 Å². The molecule has 0 aromatic heterocycles. The molecule has 5 heteroatoms. The number of likely N-dealkylation sites (tertiary alicyclic amines) is 1. The highest BCUT2D eigenvalue weighted by Gasteiger charge is 2.42. The number of carbonyl (C=O) groups is 1. The average Bonchev–Trinajstić information content (AvgIpc) is 2.82. The van der Waals surface area contributed by atoms with Crippen LogP contribution in [0.4, 0.5) is 0 Å². The maximum atomic E-state index is 12.1. The molecule has 2 aliphatic heterocycles. The summed E-state index contributed by atoms with van der Waals surface area (Å²) in [6.07, 6.45) is 5.18. The van der Waals surface area contributed by atoms with Gasteiger partial charge in [-0.05, 0) is 49.4 Å². The van der Waals surface area contributed by atoms with Crippen LogP contribution in [-0.4, -0.2) is 36.4 Å². The van der Waals surface area contributed by atoms with Crippen molar-refractivity contribution in [3.8, 4) is 0 Å². The normalized spacial score (nSPS) is 34.8. The fourth-order valence-electron chi connectivity index (χ4n) is 4.47. The van der Waals surface area contributed by atoms with Crippen LogP contribution < -0.4 is 0 Å². The molecule has 0 amide bonds. The van der Waals surface area contributed by atoms with Crippen molar-refractivity contribution in [2.24, 2.45) is 23.7 Å². The first-order valence-corrected chi connectivity index (χ1v) is 10.3. The highest BCUT2D eigenvalue weighted by atomic mass is 35.5. The summed E-state index contributed by atoms with van der Waals surface area (Å²) in [5.74, 6) is 2.00. The molecule has 4 nitrogen and oxygen atoms in total. The zero-order valence-electron chi connectivity index (χ0n) is 16.0. The number of cyclic esters (lactones) is 1. The van der Waals surface area contributed by atoms with Gasteiger partial charge in [-0.1, -0.05) is 45.7 Å². The lowest BCUT2D eigenvalue weighted by molar-refractivity contribution is -0.185. The summed E-state index contributed by atoms with van der Waals surface area (Å²) < 4.78 is 11.9. The number of nitrogens with zero attached hydrogens (tertiary/aromatic N) is 1. The van der Waals surface area contributed by atoms with Crippen LogP contribution in [-0.2, 0) is 14.3 Å². The van der Waals surface area contributed by atoms with Crippen LogP contribution in [0.3, 0.4) is 0 Å². The predicted molar refractivity (Wildman–Crippen MR) is 98.9 cm³/mol. The van der Waals surface area contributed by atoms with Crippen LogP contribution in [0.5, 0.6) is 0 Å². The predicted octanol–water partition coefficient (Wildman–Crippen LogP) is 4.53. The molecule has 0 bridgehead atoms. The van der Waals surface area contributed by atoms with Gasteiger partial charge in [0.2, 0.25) is 6.29 Å². The largest absolute Gasteiger partial charge is 0.425 e. The van der Waals surface area contributed by atoms with E-state index >= 15 is 0 Å². The first-order valence-electron chi connectivity index (χ1n) is 9.87. The van der Waals surface area contributed by atoms with Gasteiger partial charge in [-0.15, -0.1) is 0 Å². The maximum Gasteiger partial charge on any atom is 0.354 e. The second-order valence-corrected chi connectivity index (χ2v) is 8.98. The highest BCUT2D eigenvalue weighted by molar-refractivity contribution is 6.42. The Morgan fingerprint density at radius 1 is 1.12 bits per heavy atom. The Morgan fingerprint density at radius 3 is 2.44 bits per heavy atom. The van der Waals surface area contributed by atoms with Gasteiger partial charge in [0.05, 0.1) is 6.10 Å². The molecule has 1 saturated heterocycles. The lowest BCUT2D eigenvalue weighted by atomic mass is 9.75. The summed E-state index contributed by atoms with van der Waals surface area (Å²) in [6, 6.07) is 0. The van der Waals surface area contributed by atoms with Gasteiger partial charge in [-0.2, -0.15) is 0 Å². The molecule has 0 aromatic rings. The van der Waals surface area contributed by atoms with E-state index in [0.717, 1.165) is 44.0 Å². The van der Waals surface area contributed by atoms with E-state index in [2.05, 4.69) is 32.6 Å². The number of rotatable bonds is 4. The van der Waals surface area contributed by atoms with E-state index in [1.165, 1.54) is 12.8 Å². The Labute approximate surface area is 156 Å². The van der Waals surface area contributed by atoms with Gasteiger partial charge >= 0.3 is 5.97 Å². The number of halogens is 1. The van der Waals surface area contributed by atoms with E-state index in [4.69, 9.17) is 21.1 Å². The van der Waals surface area contributed by atoms with Crippen molar-refractivity contribution in [1.29, 1.82) is 0 Å². The summed E-state index contributed by atoms with van der Waals surface area (Å²) >= 11 is 6.32. The number of esters is 1. The van der Waals surface area contributed by atoms with Crippen LogP contribution in [0.25, 0.3) is 0 Å². The third kappa shape index (κ3) is 4.16. The second kappa shape index (κ2) is 7.87. The molecule has 3 rings (SSSR count). The zero-order valence-corrected chi connectivity index (χ0v) is 16.7. The molecule has 0 unspecified atom stereocenters. The van der Waals surface area contributed by atoms with E-state index in [1.54, 1.807) is 0 Å². The number of hydrogen-bond acceptors (Lipinski definition) is 4. The van der Waals surface area contributed by atoms with Gasteiger partial charge in [0.1, 0.15) is 5.70 Å². The first kappa shape index (κ1) is 19.0. The highest BCUT2D eigenvalue weighted by Crippen LogP contribution is 2.39. The molecule has 142 valence electrons. The van der Waals surface area contributed by atoms with Crippen molar-refractivity contribution in [1.82, 2.24) is 4.90 Å². The topological polar surface area (TPSA) is 38.8 Å². The van der Waals surface area contributed by atoms with Crippen LogP contribution in [0, 0.1) is 23.7 Å². The van der Waals surface area contributed by atoms with Crippen molar-refractivity contribution in [2.75, 3.05) is 13.1 Å². The molecule has 0 radical (unpaired) electrons. The molecule has 1 saturated carbocycles. The van der Waals surface area contributed by atoms with E-state index in [-0.39, 0.29) is 11.1 Å². The number of hydrogen-bond donors (Lipinski definition) is 0. The molecule has 4 atom stereocenters. The standard InChI is InChI=1S/C20H32ClNO3/c1-12(2)15-6-5-14(4)11-16(15)24-20-18(17(21)19(23)25-20)22-9-7-13(3)8-10-22/h12-16,20H,5-11H2,1-4H3/t14-,15+,16-,20+/m1/s1. The van der Waals surface area contributed by atoms with Crippen molar-refractivity contribution in [3.05, 3.63) is 10.7 Å². The Bertz CT molecular complexity index is 525. The van der Waals surface area contributed by atoms with Crippen LogP contribution in [0.1, 0.15) is 59.8 Å². The smallest absolute Gasteiger partial charge is 0.354 e. The Morgan fingerprint density at radius 2 is 1.80 bits per heavy atom. The molecule has 2 heterocycles. The maximum absolute atomic E-state index is 12.1. The number of piperidine rings is 1. The summed E-state index contributed by atoms with van der Waals surface area (Å²) in [5, 5.41) is 0.213. The fraction of sp³-hybridized carbons (Fsp3) is 0.850. The minimum Gasteiger partial charge on any atom is -0.425 e. The van der Waals surface area contributed by atoms with Gasteiger partial charge in [-0.3, -0.25) is 0 Å². The van der Waals surface area contributed by atoms with Crippen LogP contribution >= 0.6 is 11.6 Å². The average molecular weight is 370 g/mol. The minimum atomic E-state index is -0.634. The van der Waals surface area contributed by atoms with Gasteiger partial charge < -0.3 is 14.4 Å². The summed E-state index contributed by atoms with van der Waals surface area (Å²) in [5.41, 5.74) is 0.763. The van der Waals surface area contributed by atoms with Crippen LogP contribution in [0.2, 0.25) is 0 Å². The Balaban J connectivity index is 1.74. The SMILES string of the molecule is CC1CCN(C2=C(Cl)C(=O)O[C@@H]2O[C@@H]2C[C@H](C)CC[C@H]2C(C)C)CC1. The zero-order chi connectivity index (χ0) is 18.1. The van der Waals surface area contributed by atoms with Crippen molar-refractivity contribution >= 4 is 17.6 Å². The molecule has 1 aliphatic carbocycles. The monoisotopic (exact) mass is 369 g/mol. The Kier molecular flexibility index (Phi) is 5.99. The number of ether oxygens (including phenoxy) is 2. The molecule has 0 spiro atoms. The second-order valence-electron chi connectivity index (χ2n) is 8.61. The lowest BCUT2D eigenvalue weighted by Gasteiger charge is -2.40. The van der Waals surface area contributed by atoms with E-state index < -0.39 is 12.3 Å². The molecule has 25 heavy (non-hydrogen) atoms. The van der Waals surface area contributed by atoms with Crippen molar-refractivity contribution in [3.63, 3.8) is 0 Å². The lowest BCUT2D eigenvalue weighted by Crippen LogP contribution is -2.41. The molecular weight excluding hydrogens is 338 g/mol. The molecule has 2 fully saturated rings. The summed E-state index contributed by atoms with van der Waals surface area (Å²) in [7, 11) is 0. The quantitative estimate of drug-likeness (QED) is 0.682. The minimum absolute atomic E-state index is 0.128. The Hall–Kier alpha value is -0.740. The molecule has 0 N–H and O–H groups in total. The third-order valence-corrected chi connectivity index (χ3v) is 6.57. The first-order chi connectivity index (χ1) is 11.9. The van der Waals surface area contributed by atoms with Gasteiger partial charge in [0.25, 0.3) is 0 Å². The summed E-state index contributed by atoms with van der Waals surface area (Å²) in [6.45, 7) is 10.9. The van der Waals surface area contributed by atoms with E-state index in [1.807, 2.05) is 0 Å². The molecule has 0 aromatic carbocycles. The summed E-state index contributed by atoms with van der Waals surface area (Å²) in [4.78, 5) is 14.3. The van der Waals surface area contributed by atoms with Gasteiger partial charge in [0.15, 0.2) is 5.03 Å². The van der Waals surface area contributed by atoms with E-state index in [0.29, 0.717) is 17.8 Å². The van der Waals surface area contributed by atoms with Crippen molar-refractivity contribution in [2.45, 2.75) is 72.2 Å². The van der Waals surface area contributed by atoms with Crippen molar-refractivity contribution < 1.29 is 14.3 Å². The van der Waals surface area contributed by atoms with Crippen LogP contribution in [0.15, 0.2) is 10.7 Å². The number of carbonyl (C=O) groups excluding carboxylic acids is 1. The van der Waals surface area contributed by atoms with Gasteiger partial charge in [0, 0.05) is 13.1 Å². The fourth-order valence-corrected chi connectivity index (χ4v) is 4.73. The molecule has 3 aliphatic rings. The van der Waals surface area contributed by atoms with Gasteiger partial charge in [-0.25, -0.2) is 4.79 Å².